The molecule has 1 aliphatic heterocycles. The molecular weight excluding hydrogens is 218 g/mol. The number of carboxylic acids is 1. The number of hydrogen-bond acceptors (Lipinski definition) is 2. The topological polar surface area (TPSA) is 57.6 Å². The van der Waals surface area contributed by atoms with Crippen molar-refractivity contribution in [2.24, 2.45) is 0 Å². The molecule has 4 nitrogen and oxygen atoms in total. The molecule has 1 N–H and O–H groups in total. The fourth-order valence-corrected chi connectivity index (χ4v) is 1.36. The van der Waals surface area contributed by atoms with Gasteiger partial charge in [0.2, 0.25) is 5.91 Å². The maximum Gasteiger partial charge on any atom is 0.330 e. The molecule has 1 heterocycles. The van der Waals surface area contributed by atoms with Crippen LogP contribution in [0.25, 0.3) is 0 Å². The van der Waals surface area contributed by atoms with Crippen molar-refractivity contribution in [2.75, 3.05) is 6.54 Å². The van der Waals surface area contributed by atoms with Crippen molar-refractivity contribution in [1.29, 1.82) is 0 Å². The van der Waals surface area contributed by atoms with Crippen LogP contribution in [0.5, 0.6) is 0 Å². The number of nitrogens with zero attached hydrogens (tertiary/aromatic N) is 1. The highest BCUT2D eigenvalue weighted by atomic mass is 16.4. The van der Waals surface area contributed by atoms with Crippen LogP contribution < -0.4 is 0 Å². The maximum absolute atomic E-state index is 10.7. The summed E-state index contributed by atoms with van der Waals surface area (Å²) in [7, 11) is 0. The number of amides is 1. The molecule has 1 saturated heterocycles. The number of hydrogen-bond donors (Lipinski definition) is 1. The summed E-state index contributed by atoms with van der Waals surface area (Å²) >= 11 is 0. The van der Waals surface area contributed by atoms with Crippen molar-refractivity contribution in [3.63, 3.8) is 0 Å². The second-order valence-electron chi connectivity index (χ2n) is 3.89. The van der Waals surface area contributed by atoms with Gasteiger partial charge in [-0.1, -0.05) is 26.5 Å². The van der Waals surface area contributed by atoms with Crippen LogP contribution in [-0.4, -0.2) is 28.4 Å². The van der Waals surface area contributed by atoms with Gasteiger partial charge in [-0.3, -0.25) is 4.79 Å². The Morgan fingerprint density at radius 1 is 1.59 bits per heavy atom. The number of likely N-dealkylation sites (tertiary alicyclic amines) is 1. The molecule has 96 valence electrons. The average molecular weight is 239 g/mol. The van der Waals surface area contributed by atoms with Crippen LogP contribution in [0.2, 0.25) is 0 Å². The van der Waals surface area contributed by atoms with Gasteiger partial charge in [-0.25, -0.2) is 4.79 Å². The van der Waals surface area contributed by atoms with Gasteiger partial charge in [0.15, 0.2) is 0 Å². The summed E-state index contributed by atoms with van der Waals surface area (Å²) in [6, 6.07) is 0. The van der Waals surface area contributed by atoms with Crippen molar-refractivity contribution < 1.29 is 14.7 Å². The molecule has 4 heteroatoms. The van der Waals surface area contributed by atoms with Crippen molar-refractivity contribution in [2.45, 2.75) is 39.0 Å². The molecule has 0 radical (unpaired) electrons. The van der Waals surface area contributed by atoms with Crippen LogP contribution in [0.3, 0.4) is 0 Å². The number of carbonyl (C=O) groups excluding carboxylic acids is 1. The summed E-state index contributed by atoms with van der Waals surface area (Å²) in [5.74, 6) is -0.663. The minimum atomic E-state index is -0.872. The summed E-state index contributed by atoms with van der Waals surface area (Å²) in [6.07, 6.45) is 5.84. The summed E-state index contributed by atoms with van der Waals surface area (Å²) in [5, 5.41) is 8.31. The monoisotopic (exact) mass is 239 g/mol. The predicted molar refractivity (Wildman–Crippen MR) is 67.4 cm³/mol. The van der Waals surface area contributed by atoms with E-state index < -0.39 is 5.97 Å². The lowest BCUT2D eigenvalue weighted by atomic mass is 10.1. The Labute approximate surface area is 103 Å². The van der Waals surface area contributed by atoms with Crippen LogP contribution in [0.15, 0.2) is 24.9 Å². The highest BCUT2D eigenvalue weighted by Gasteiger charge is 2.15. The molecule has 0 saturated carbocycles. The van der Waals surface area contributed by atoms with E-state index in [0.717, 1.165) is 25.8 Å². The largest absolute Gasteiger partial charge is 0.478 e. The quantitative estimate of drug-likeness (QED) is 0.750. The molecule has 1 amide bonds. The van der Waals surface area contributed by atoms with E-state index in [1.165, 1.54) is 0 Å². The zero-order chi connectivity index (χ0) is 13.3. The van der Waals surface area contributed by atoms with Gasteiger partial charge in [0.1, 0.15) is 0 Å². The van der Waals surface area contributed by atoms with Gasteiger partial charge >= 0.3 is 5.97 Å². The van der Waals surface area contributed by atoms with Crippen molar-refractivity contribution in [1.82, 2.24) is 4.90 Å². The summed E-state index contributed by atoms with van der Waals surface area (Å²) in [4.78, 5) is 22.4. The van der Waals surface area contributed by atoms with Crippen LogP contribution in [0, 0.1) is 0 Å². The van der Waals surface area contributed by atoms with E-state index in [1.807, 2.05) is 6.92 Å². The molecule has 0 aromatic rings. The molecule has 17 heavy (non-hydrogen) atoms. The SMILES string of the molecule is C=C(CCCC)C(=O)O.C=CN1CCCC1=O. The molecule has 0 unspecified atom stereocenters. The van der Waals surface area contributed by atoms with E-state index in [0.29, 0.717) is 18.4 Å². The van der Waals surface area contributed by atoms with Crippen molar-refractivity contribution in [3.8, 4) is 0 Å². The first kappa shape index (κ1) is 15.4. The molecule has 0 bridgehead atoms. The number of carbonyl (C=O) groups is 2. The predicted octanol–water partition coefficient (Wildman–Crippen LogP) is 2.57. The Bertz CT molecular complexity index is 297. The lowest BCUT2D eigenvalue weighted by molar-refractivity contribution is -0.132. The summed E-state index contributed by atoms with van der Waals surface area (Å²) < 4.78 is 0. The average Bonchev–Trinajstić information content (AvgIpc) is 2.72. The van der Waals surface area contributed by atoms with Crippen LogP contribution in [-0.2, 0) is 9.59 Å². The van der Waals surface area contributed by atoms with Gasteiger partial charge in [-0.05, 0) is 25.5 Å². The second kappa shape index (κ2) is 8.56. The third-order valence-electron chi connectivity index (χ3n) is 2.46. The fraction of sp³-hybridized carbons (Fsp3) is 0.538. The van der Waals surface area contributed by atoms with E-state index in [1.54, 1.807) is 11.1 Å². The van der Waals surface area contributed by atoms with E-state index in [4.69, 9.17) is 5.11 Å². The smallest absolute Gasteiger partial charge is 0.330 e. The highest BCUT2D eigenvalue weighted by molar-refractivity contribution is 5.85. The van der Waals surface area contributed by atoms with Crippen LogP contribution >= 0.6 is 0 Å². The Balaban J connectivity index is 0.000000302. The molecule has 0 spiro atoms. The van der Waals surface area contributed by atoms with Crippen LogP contribution in [0.4, 0.5) is 0 Å². The Morgan fingerprint density at radius 2 is 2.24 bits per heavy atom. The lowest BCUT2D eigenvalue weighted by Gasteiger charge is -2.05. The van der Waals surface area contributed by atoms with Gasteiger partial charge in [-0.2, -0.15) is 0 Å². The van der Waals surface area contributed by atoms with Gasteiger partial charge in [0.25, 0.3) is 0 Å². The van der Waals surface area contributed by atoms with E-state index in [9.17, 15) is 9.59 Å². The number of unbranched alkanes of at least 4 members (excludes halogenated alkanes) is 1. The van der Waals surface area contributed by atoms with Crippen molar-refractivity contribution >= 4 is 11.9 Å². The summed E-state index contributed by atoms with van der Waals surface area (Å²) in [5.41, 5.74) is 0.317. The molecule has 0 atom stereocenters. The minimum absolute atomic E-state index is 0.208. The van der Waals surface area contributed by atoms with Crippen molar-refractivity contribution in [3.05, 3.63) is 24.9 Å². The first-order valence-corrected chi connectivity index (χ1v) is 5.86. The Hall–Kier alpha value is -1.58. The number of carboxylic acid groups (broad SMARTS) is 1. The molecule has 1 rings (SSSR count). The standard InChI is InChI=1S/C7H12O2.C6H9NO/c1-3-4-5-6(2)7(8)9;1-2-7-5-3-4-6(7)8/h2-5H2,1H3,(H,8,9);2H,1,3-5H2. The molecule has 1 fully saturated rings. The molecule has 1 aliphatic rings. The fourth-order valence-electron chi connectivity index (χ4n) is 1.36. The zero-order valence-corrected chi connectivity index (χ0v) is 10.4. The van der Waals surface area contributed by atoms with Gasteiger partial charge in [0.05, 0.1) is 0 Å². The maximum atomic E-state index is 10.7. The van der Waals surface area contributed by atoms with Crippen LogP contribution in [0.1, 0.15) is 39.0 Å². The van der Waals surface area contributed by atoms with Gasteiger partial charge in [0, 0.05) is 18.5 Å². The van der Waals surface area contributed by atoms with E-state index in [2.05, 4.69) is 13.2 Å². The highest BCUT2D eigenvalue weighted by Crippen LogP contribution is 2.08. The molecular formula is C13H21NO3. The summed E-state index contributed by atoms with van der Waals surface area (Å²) in [6.45, 7) is 9.78. The molecule has 0 aliphatic carbocycles. The first-order valence-electron chi connectivity index (χ1n) is 5.86. The third-order valence-corrected chi connectivity index (χ3v) is 2.46. The number of rotatable bonds is 5. The number of aliphatic carboxylic acids is 1. The molecule has 0 aromatic carbocycles. The second-order valence-corrected chi connectivity index (χ2v) is 3.89. The third kappa shape index (κ3) is 6.56. The Morgan fingerprint density at radius 3 is 2.53 bits per heavy atom. The van der Waals surface area contributed by atoms with E-state index >= 15 is 0 Å². The zero-order valence-electron chi connectivity index (χ0n) is 10.4. The Kier molecular flexibility index (Phi) is 7.76. The normalized spacial score (nSPS) is 13.9. The van der Waals surface area contributed by atoms with Gasteiger partial charge < -0.3 is 10.0 Å². The first-order chi connectivity index (χ1) is 8.02. The minimum Gasteiger partial charge on any atom is -0.478 e. The van der Waals surface area contributed by atoms with Gasteiger partial charge in [-0.15, -0.1) is 0 Å². The van der Waals surface area contributed by atoms with E-state index in [-0.39, 0.29) is 5.91 Å². The lowest BCUT2D eigenvalue weighted by Crippen LogP contribution is -2.16. The molecule has 0 aromatic heterocycles.